The normalized spacial score (nSPS) is 19.4. The minimum atomic E-state index is -3.88. The highest BCUT2D eigenvalue weighted by atomic mass is 32.2. The summed E-state index contributed by atoms with van der Waals surface area (Å²) in [5, 5.41) is 17.7. The smallest absolute Gasteiger partial charge is 0.322 e. The second kappa shape index (κ2) is 4.99. The van der Waals surface area contributed by atoms with Gasteiger partial charge in [-0.25, -0.2) is 8.42 Å². The van der Waals surface area contributed by atoms with Gasteiger partial charge in [-0.15, -0.1) is 0 Å². The number of hydrogen-bond acceptors (Lipinski definition) is 4. The summed E-state index contributed by atoms with van der Waals surface area (Å²) < 4.78 is 24.8. The Morgan fingerprint density at radius 1 is 1.42 bits per heavy atom. The minimum absolute atomic E-state index is 0.00282. The highest BCUT2D eigenvalue weighted by molar-refractivity contribution is 7.89. The van der Waals surface area contributed by atoms with Crippen LogP contribution in [0, 0.1) is 11.3 Å². The van der Waals surface area contributed by atoms with Gasteiger partial charge in [0.15, 0.2) is 5.75 Å². The van der Waals surface area contributed by atoms with E-state index in [1.807, 2.05) is 0 Å². The third kappa shape index (κ3) is 2.59. The van der Waals surface area contributed by atoms with Gasteiger partial charge in [0.25, 0.3) is 0 Å². The van der Waals surface area contributed by atoms with E-state index < -0.39 is 27.8 Å². The molecule has 1 aliphatic heterocycles. The first-order chi connectivity index (χ1) is 8.95. The van der Waals surface area contributed by atoms with Crippen LogP contribution >= 0.6 is 0 Å². The summed E-state index contributed by atoms with van der Waals surface area (Å²) >= 11 is 0. The van der Waals surface area contributed by atoms with Crippen LogP contribution in [0.3, 0.4) is 0 Å². The van der Waals surface area contributed by atoms with E-state index >= 15 is 0 Å². The van der Waals surface area contributed by atoms with Gasteiger partial charge in [0.1, 0.15) is 6.04 Å². The molecule has 0 radical (unpaired) electrons. The van der Waals surface area contributed by atoms with Gasteiger partial charge < -0.3 is 5.11 Å². The summed E-state index contributed by atoms with van der Waals surface area (Å²) in [6, 6.07) is 7.54. The summed E-state index contributed by atoms with van der Waals surface area (Å²) in [6.07, 6.45) is 0.121. The third-order valence-corrected chi connectivity index (χ3v) is 4.69. The average Bonchev–Trinajstić information content (AvgIpc) is 2.37. The van der Waals surface area contributed by atoms with E-state index in [1.54, 1.807) is 30.3 Å². The molecule has 0 amide bonds. The van der Waals surface area contributed by atoms with Crippen molar-refractivity contribution in [1.29, 1.82) is 5.26 Å². The van der Waals surface area contributed by atoms with Gasteiger partial charge >= 0.3 is 5.97 Å². The van der Waals surface area contributed by atoms with Crippen molar-refractivity contribution in [2.75, 3.05) is 5.75 Å². The quantitative estimate of drug-likeness (QED) is 0.861. The maximum Gasteiger partial charge on any atom is 0.322 e. The lowest BCUT2D eigenvalue weighted by Crippen LogP contribution is -2.49. The Morgan fingerprint density at radius 3 is 2.63 bits per heavy atom. The minimum Gasteiger partial charge on any atom is -0.480 e. The molecule has 1 aliphatic rings. The molecule has 0 aromatic heterocycles. The van der Waals surface area contributed by atoms with Gasteiger partial charge in [0.2, 0.25) is 10.0 Å². The predicted molar refractivity (Wildman–Crippen MR) is 66.5 cm³/mol. The molecule has 100 valence electrons. The maximum atomic E-state index is 12.0. The average molecular weight is 280 g/mol. The lowest BCUT2D eigenvalue weighted by atomic mass is 9.96. The van der Waals surface area contributed by atoms with Crippen LogP contribution in [0.1, 0.15) is 11.1 Å². The fourth-order valence-electron chi connectivity index (χ4n) is 2.17. The molecular formula is C12H12N2O4S. The van der Waals surface area contributed by atoms with Gasteiger partial charge in [-0.1, -0.05) is 24.3 Å². The summed E-state index contributed by atoms with van der Waals surface area (Å²) in [7, 11) is -3.88. The van der Waals surface area contributed by atoms with Crippen LogP contribution in [0.5, 0.6) is 0 Å². The Kier molecular flexibility index (Phi) is 3.55. The molecule has 0 saturated heterocycles. The molecule has 0 fully saturated rings. The summed E-state index contributed by atoms with van der Waals surface area (Å²) in [6.45, 7) is -0.00282. The van der Waals surface area contributed by atoms with E-state index in [4.69, 9.17) is 5.26 Å². The Hall–Kier alpha value is -1.91. The second-order valence-corrected chi connectivity index (χ2v) is 6.21. The Bertz CT molecular complexity index is 648. The maximum absolute atomic E-state index is 12.0. The molecule has 0 aliphatic carbocycles. The lowest BCUT2D eigenvalue weighted by Gasteiger charge is -2.32. The number of sulfonamides is 1. The number of fused-ring (bicyclic) bond motifs is 1. The molecule has 1 aromatic carbocycles. The van der Waals surface area contributed by atoms with Crippen molar-refractivity contribution < 1.29 is 18.3 Å². The monoisotopic (exact) mass is 280 g/mol. The van der Waals surface area contributed by atoms with Crippen LogP contribution in [-0.4, -0.2) is 35.6 Å². The van der Waals surface area contributed by atoms with Crippen LogP contribution in [-0.2, 0) is 27.8 Å². The van der Waals surface area contributed by atoms with Crippen molar-refractivity contribution >= 4 is 16.0 Å². The number of carboxylic acid groups (broad SMARTS) is 1. The summed E-state index contributed by atoms with van der Waals surface area (Å²) in [4.78, 5) is 11.2. The number of benzene rings is 1. The van der Waals surface area contributed by atoms with E-state index in [0.29, 0.717) is 0 Å². The largest absolute Gasteiger partial charge is 0.480 e. The number of aliphatic carboxylic acids is 1. The Balaban J connectivity index is 2.43. The van der Waals surface area contributed by atoms with Crippen LogP contribution in [0.2, 0.25) is 0 Å². The van der Waals surface area contributed by atoms with Crippen molar-refractivity contribution in [3.63, 3.8) is 0 Å². The van der Waals surface area contributed by atoms with Gasteiger partial charge in [0.05, 0.1) is 6.07 Å². The van der Waals surface area contributed by atoms with Crippen LogP contribution in [0.25, 0.3) is 0 Å². The van der Waals surface area contributed by atoms with E-state index in [0.717, 1.165) is 15.4 Å². The molecule has 0 bridgehead atoms. The summed E-state index contributed by atoms with van der Waals surface area (Å²) in [5.74, 6) is -1.91. The highest BCUT2D eigenvalue weighted by Crippen LogP contribution is 2.26. The molecular weight excluding hydrogens is 268 g/mol. The number of nitriles is 1. The molecule has 7 heteroatoms. The highest BCUT2D eigenvalue weighted by Gasteiger charge is 2.38. The lowest BCUT2D eigenvalue weighted by molar-refractivity contribution is -0.141. The van der Waals surface area contributed by atoms with Gasteiger partial charge in [-0.05, 0) is 11.1 Å². The van der Waals surface area contributed by atoms with Crippen LogP contribution in [0.4, 0.5) is 0 Å². The molecule has 1 aromatic rings. The molecule has 1 unspecified atom stereocenters. The SMILES string of the molecule is N#CCS(=O)(=O)N1Cc2ccccc2CC1C(=O)O. The molecule has 0 saturated carbocycles. The zero-order chi connectivity index (χ0) is 14.0. The van der Waals surface area contributed by atoms with Crippen LogP contribution < -0.4 is 0 Å². The van der Waals surface area contributed by atoms with E-state index in [2.05, 4.69) is 0 Å². The molecule has 6 nitrogen and oxygen atoms in total. The molecule has 1 atom stereocenters. The van der Waals surface area contributed by atoms with Crippen molar-refractivity contribution in [3.05, 3.63) is 35.4 Å². The topological polar surface area (TPSA) is 98.5 Å². The number of carboxylic acids is 1. The first-order valence-electron chi connectivity index (χ1n) is 5.62. The molecule has 2 rings (SSSR count). The van der Waals surface area contributed by atoms with E-state index in [-0.39, 0.29) is 13.0 Å². The fourth-order valence-corrected chi connectivity index (χ4v) is 3.38. The number of carbonyl (C=O) groups is 1. The first-order valence-corrected chi connectivity index (χ1v) is 7.22. The Morgan fingerprint density at radius 2 is 2.05 bits per heavy atom. The molecule has 19 heavy (non-hydrogen) atoms. The predicted octanol–water partition coefficient (Wildman–Crippen LogP) is 0.351. The molecule has 1 heterocycles. The fraction of sp³-hybridized carbons (Fsp3) is 0.333. The standard InChI is InChI=1S/C12H12N2O4S/c13-5-6-19(17,18)14-8-10-4-2-1-3-9(10)7-11(14)12(15)16/h1-4,11H,6-8H2,(H,15,16). The number of rotatable bonds is 3. The van der Waals surface area contributed by atoms with Gasteiger partial charge in [0, 0.05) is 13.0 Å². The van der Waals surface area contributed by atoms with Crippen LogP contribution in [0.15, 0.2) is 24.3 Å². The van der Waals surface area contributed by atoms with E-state index in [1.165, 1.54) is 0 Å². The van der Waals surface area contributed by atoms with Crippen molar-refractivity contribution in [3.8, 4) is 6.07 Å². The Labute approximate surface area is 110 Å². The summed E-state index contributed by atoms with van der Waals surface area (Å²) in [5.41, 5.74) is 1.61. The third-order valence-electron chi connectivity index (χ3n) is 3.09. The first kappa shape index (κ1) is 13.5. The number of nitrogens with zero attached hydrogens (tertiary/aromatic N) is 2. The molecule has 0 spiro atoms. The van der Waals surface area contributed by atoms with Crippen molar-refractivity contribution in [1.82, 2.24) is 4.31 Å². The van der Waals surface area contributed by atoms with E-state index in [9.17, 15) is 18.3 Å². The zero-order valence-corrected chi connectivity index (χ0v) is 10.8. The van der Waals surface area contributed by atoms with Gasteiger partial charge in [-0.2, -0.15) is 9.57 Å². The van der Waals surface area contributed by atoms with Gasteiger partial charge in [-0.3, -0.25) is 4.79 Å². The molecule has 1 N–H and O–H groups in total. The second-order valence-electron chi connectivity index (χ2n) is 4.29. The number of hydrogen-bond donors (Lipinski definition) is 1. The van der Waals surface area contributed by atoms with Crippen molar-refractivity contribution in [2.24, 2.45) is 0 Å². The zero-order valence-electron chi connectivity index (χ0n) is 9.98. The van der Waals surface area contributed by atoms with Crippen molar-refractivity contribution in [2.45, 2.75) is 19.0 Å².